The van der Waals surface area contributed by atoms with Crippen LogP contribution in [0, 0.1) is 24.2 Å². The molecule has 2 aromatic carbocycles. The van der Waals surface area contributed by atoms with E-state index in [1.807, 2.05) is 29.3 Å². The van der Waals surface area contributed by atoms with Crippen LogP contribution in [0.25, 0.3) is 32.6 Å². The highest BCUT2D eigenvalue weighted by Gasteiger charge is 2.02. The lowest BCUT2D eigenvalue weighted by atomic mass is 10.2. The van der Waals surface area contributed by atoms with E-state index in [2.05, 4.69) is 104 Å². The molecule has 0 atom stereocenters. The second kappa shape index (κ2) is 16.9. The number of anilines is 2. The topological polar surface area (TPSA) is 104 Å². The number of fused-ring (bicyclic) bond motifs is 2. The van der Waals surface area contributed by atoms with Crippen LogP contribution in [0.1, 0.15) is 46.1 Å². The van der Waals surface area contributed by atoms with E-state index >= 15 is 0 Å². The maximum absolute atomic E-state index is 5.53. The zero-order valence-electron chi connectivity index (χ0n) is 24.9. The van der Waals surface area contributed by atoms with Crippen molar-refractivity contribution in [2.24, 2.45) is 0 Å². The molecule has 4 heterocycles. The first kappa shape index (κ1) is 33.1. The van der Waals surface area contributed by atoms with Crippen molar-refractivity contribution in [3.8, 4) is 24.2 Å². The Balaban J connectivity index is 0.000000171. The van der Waals surface area contributed by atoms with Crippen LogP contribution in [0.2, 0.25) is 0 Å². The molecule has 0 radical (unpaired) electrons. The predicted octanol–water partition coefficient (Wildman–Crippen LogP) is 8.77. The number of nitrogen functional groups attached to an aromatic ring is 2. The lowest BCUT2D eigenvalue weighted by Crippen LogP contribution is -1.88. The number of hydrogen-bond donors (Lipinski definition) is 2. The Kier molecular flexibility index (Phi) is 12.4. The highest BCUT2D eigenvalue weighted by Crippen LogP contribution is 2.25. The second-order valence-corrected chi connectivity index (χ2v) is 12.1. The molecule has 4 N–H and O–H groups in total. The molecule has 6 rings (SSSR count). The number of benzene rings is 2. The fraction of sp³-hybridized carbons (Fsp3) is 0.111. The molecule has 0 fully saturated rings. The summed E-state index contributed by atoms with van der Waals surface area (Å²) >= 11 is 6.66. The Morgan fingerprint density at radius 1 is 0.756 bits per heavy atom. The summed E-state index contributed by atoms with van der Waals surface area (Å²) in [6.45, 7) is 4.33. The molecule has 0 unspecified atom stereocenters. The van der Waals surface area contributed by atoms with Crippen molar-refractivity contribution >= 4 is 82.8 Å². The van der Waals surface area contributed by atoms with Gasteiger partial charge in [0.2, 0.25) is 0 Å². The molecule has 0 aliphatic heterocycles. The Morgan fingerprint density at radius 2 is 1.29 bits per heavy atom. The van der Waals surface area contributed by atoms with Crippen LogP contribution in [-0.4, -0.2) is 19.9 Å². The molecule has 0 aliphatic carbocycles. The molecule has 0 spiro atoms. The van der Waals surface area contributed by atoms with Crippen molar-refractivity contribution < 1.29 is 0 Å². The molecule has 0 amide bonds. The minimum Gasteiger partial charge on any atom is -0.384 e. The van der Waals surface area contributed by atoms with Crippen molar-refractivity contribution in [3.63, 3.8) is 0 Å². The summed E-state index contributed by atoms with van der Waals surface area (Å²) in [7, 11) is 0. The molecule has 4 aromatic heterocycles. The van der Waals surface area contributed by atoms with Gasteiger partial charge in [0.05, 0.1) is 20.4 Å². The van der Waals surface area contributed by atoms with E-state index < -0.39 is 0 Å². The molecule has 9 heteroatoms. The monoisotopic (exact) mass is 690 g/mol. The summed E-state index contributed by atoms with van der Waals surface area (Å²) in [5.74, 6) is 9.44. The van der Waals surface area contributed by atoms with E-state index in [0.29, 0.717) is 11.6 Å². The fourth-order valence-electron chi connectivity index (χ4n) is 3.82. The summed E-state index contributed by atoms with van der Waals surface area (Å²) in [6, 6.07) is 19.9. The largest absolute Gasteiger partial charge is 0.384 e. The highest BCUT2D eigenvalue weighted by atomic mass is 79.9. The van der Waals surface area contributed by atoms with E-state index in [-0.39, 0.29) is 0 Å². The van der Waals surface area contributed by atoms with Crippen molar-refractivity contribution in [3.05, 3.63) is 116 Å². The van der Waals surface area contributed by atoms with Gasteiger partial charge in [-0.1, -0.05) is 59.7 Å². The van der Waals surface area contributed by atoms with E-state index in [9.17, 15) is 0 Å². The van der Waals surface area contributed by atoms with Gasteiger partial charge in [0.25, 0.3) is 0 Å². The van der Waals surface area contributed by atoms with E-state index in [1.54, 1.807) is 53.3 Å². The molecule has 224 valence electrons. The number of pyridine rings is 2. The standard InChI is InChI=1S/C18H15N3S.C11H10BrNS.C7H6N2/c1-2-13-7-9-15-16(11-13)22-18(21-15)6-4-3-5-14-8-10-17(19)20-12-14;1-2-8-3-4-9-10(7-8)14-11(13-9)5-6-12;1-2-6-3-4-7(8)9-5-6/h4,6-12H,2H2,1H3,(H2,19,20);3-7H,2H2,1H3;1,3-5H,(H2,8,9)/b6-4+;;. The number of thiazole rings is 2. The van der Waals surface area contributed by atoms with Gasteiger partial charge in [0, 0.05) is 23.5 Å². The van der Waals surface area contributed by atoms with E-state index in [4.69, 9.17) is 17.9 Å². The summed E-state index contributed by atoms with van der Waals surface area (Å²) in [5.41, 5.74) is 17.3. The zero-order chi connectivity index (χ0) is 32.0. The zero-order valence-corrected chi connectivity index (χ0v) is 28.1. The van der Waals surface area contributed by atoms with Crippen LogP contribution in [0.4, 0.5) is 11.6 Å². The normalized spacial score (nSPS) is 10.5. The van der Waals surface area contributed by atoms with Gasteiger partial charge in [0.1, 0.15) is 21.7 Å². The summed E-state index contributed by atoms with van der Waals surface area (Å²) in [4.78, 5) is 18.7. The first-order chi connectivity index (χ1) is 21.9. The number of hydrogen-bond acceptors (Lipinski definition) is 8. The average molecular weight is 692 g/mol. The van der Waals surface area contributed by atoms with Gasteiger partial charge in [0.15, 0.2) is 0 Å². The number of terminal acetylenes is 1. The van der Waals surface area contributed by atoms with Crippen LogP contribution in [0.15, 0.2) is 84.1 Å². The van der Waals surface area contributed by atoms with Crippen LogP contribution < -0.4 is 11.5 Å². The van der Waals surface area contributed by atoms with E-state index in [0.717, 1.165) is 45.0 Å². The number of halogens is 1. The van der Waals surface area contributed by atoms with Crippen molar-refractivity contribution in [2.45, 2.75) is 26.7 Å². The SMILES string of the molecule is C#Cc1ccc(N)nc1.CCc1ccc2nc(/C=C/C#Cc3ccc(N)nc3)sc2c1.CCc1ccc2nc(C=CBr)sc2c1. The lowest BCUT2D eigenvalue weighted by molar-refractivity contribution is 1.15. The minimum absolute atomic E-state index is 0.494. The van der Waals surface area contributed by atoms with Crippen LogP contribution in [-0.2, 0) is 12.8 Å². The summed E-state index contributed by atoms with van der Waals surface area (Å²) in [6.07, 6.45) is 16.1. The van der Waals surface area contributed by atoms with Crippen molar-refractivity contribution in [2.75, 3.05) is 11.5 Å². The summed E-state index contributed by atoms with van der Waals surface area (Å²) < 4.78 is 2.49. The molecule has 0 aliphatic rings. The van der Waals surface area contributed by atoms with Gasteiger partial charge in [-0.3, -0.25) is 0 Å². The highest BCUT2D eigenvalue weighted by molar-refractivity contribution is 9.11. The third-order valence-corrected chi connectivity index (χ3v) is 8.46. The number of nitrogens with two attached hydrogens (primary N) is 2. The number of allylic oxidation sites excluding steroid dienone is 1. The fourth-order valence-corrected chi connectivity index (χ4v) is 6.11. The molecule has 6 nitrogen and oxygen atoms in total. The third-order valence-electron chi connectivity index (χ3n) is 6.23. The summed E-state index contributed by atoms with van der Waals surface area (Å²) in [5, 5.41) is 2.01. The first-order valence-electron chi connectivity index (χ1n) is 14.0. The van der Waals surface area contributed by atoms with Crippen LogP contribution in [0.3, 0.4) is 0 Å². The van der Waals surface area contributed by atoms with Crippen LogP contribution in [0.5, 0.6) is 0 Å². The smallest absolute Gasteiger partial charge is 0.123 e. The Hall–Kier alpha value is -4.80. The van der Waals surface area contributed by atoms with Gasteiger partial charge in [-0.05, 0) is 95.7 Å². The maximum Gasteiger partial charge on any atom is 0.123 e. The second-order valence-electron chi connectivity index (χ2n) is 9.40. The van der Waals surface area contributed by atoms with Crippen molar-refractivity contribution in [1.29, 1.82) is 0 Å². The number of rotatable bonds is 4. The van der Waals surface area contributed by atoms with Crippen LogP contribution >= 0.6 is 38.6 Å². The maximum atomic E-state index is 5.53. The number of aryl methyl sites for hydroxylation is 2. The molecular formula is C36H31BrN6S2. The molecule has 0 saturated heterocycles. The number of aromatic nitrogens is 4. The molecule has 45 heavy (non-hydrogen) atoms. The minimum atomic E-state index is 0.494. The molecule has 6 aromatic rings. The first-order valence-corrected chi connectivity index (χ1v) is 16.6. The van der Waals surface area contributed by atoms with Gasteiger partial charge in [-0.25, -0.2) is 19.9 Å². The van der Waals surface area contributed by atoms with Gasteiger partial charge < -0.3 is 11.5 Å². The lowest BCUT2D eigenvalue weighted by Gasteiger charge is -1.93. The number of nitrogens with zero attached hydrogens (tertiary/aromatic N) is 4. The van der Waals surface area contributed by atoms with E-state index in [1.165, 1.54) is 20.5 Å². The Morgan fingerprint density at radius 3 is 1.76 bits per heavy atom. The molecular weight excluding hydrogens is 660 g/mol. The quantitative estimate of drug-likeness (QED) is 0.179. The third kappa shape index (κ3) is 10.1. The van der Waals surface area contributed by atoms with Gasteiger partial charge >= 0.3 is 0 Å². The molecule has 0 bridgehead atoms. The Labute approximate surface area is 280 Å². The predicted molar refractivity (Wildman–Crippen MR) is 197 cm³/mol. The van der Waals surface area contributed by atoms with Crippen molar-refractivity contribution in [1.82, 2.24) is 19.9 Å². The Bertz CT molecular complexity index is 2020. The average Bonchev–Trinajstić information content (AvgIpc) is 3.67. The van der Waals surface area contributed by atoms with Gasteiger partial charge in [-0.2, -0.15) is 0 Å². The van der Waals surface area contributed by atoms with Gasteiger partial charge in [-0.15, -0.1) is 29.1 Å². The molecule has 0 saturated carbocycles.